The minimum absolute atomic E-state index is 0.276. The van der Waals surface area contributed by atoms with E-state index in [1.165, 1.54) is 17.8 Å². The molecular formula is C23H29FN2O3. The summed E-state index contributed by atoms with van der Waals surface area (Å²) >= 11 is 0. The minimum atomic E-state index is -0.880. The molecule has 0 aromatic heterocycles. The predicted molar refractivity (Wildman–Crippen MR) is 111 cm³/mol. The second-order valence-corrected chi connectivity index (χ2v) is 7.91. The number of hydrogen-bond acceptors (Lipinski definition) is 5. The van der Waals surface area contributed by atoms with Crippen molar-refractivity contribution in [1.82, 2.24) is 4.90 Å². The standard InChI is InChI=1S/C23H29FN2O3/c1-28-22-16-21(26-12-14-29-15-13-26)7-2-18(22)17-25-10-8-23(27,9-11-25)19-3-5-20(24)6-4-19/h2-7,16,27H,8-15,17H2,1H3. The third-order valence-corrected chi connectivity index (χ3v) is 6.11. The Kier molecular flexibility index (Phi) is 6.04. The number of aliphatic hydroxyl groups is 1. The van der Waals surface area contributed by atoms with Crippen LogP contribution in [0.3, 0.4) is 0 Å². The van der Waals surface area contributed by atoms with Crippen molar-refractivity contribution in [3.8, 4) is 5.75 Å². The van der Waals surface area contributed by atoms with Crippen LogP contribution < -0.4 is 9.64 Å². The fourth-order valence-electron chi connectivity index (χ4n) is 4.25. The summed E-state index contributed by atoms with van der Waals surface area (Å²) in [4.78, 5) is 4.66. The zero-order valence-electron chi connectivity index (χ0n) is 16.9. The number of nitrogens with zero attached hydrogens (tertiary/aromatic N) is 2. The van der Waals surface area contributed by atoms with Crippen molar-refractivity contribution in [2.45, 2.75) is 25.0 Å². The quantitative estimate of drug-likeness (QED) is 0.835. The molecular weight excluding hydrogens is 371 g/mol. The normalized spacial score (nSPS) is 19.9. The van der Waals surface area contributed by atoms with E-state index in [1.54, 1.807) is 19.2 Å². The smallest absolute Gasteiger partial charge is 0.125 e. The highest BCUT2D eigenvalue weighted by atomic mass is 19.1. The van der Waals surface area contributed by atoms with Gasteiger partial charge in [0.2, 0.25) is 0 Å². The monoisotopic (exact) mass is 400 g/mol. The molecule has 2 heterocycles. The largest absolute Gasteiger partial charge is 0.496 e. The Morgan fingerprint density at radius 3 is 2.38 bits per heavy atom. The Balaban J connectivity index is 1.40. The topological polar surface area (TPSA) is 45.2 Å². The summed E-state index contributed by atoms with van der Waals surface area (Å²) in [6.07, 6.45) is 1.26. The number of ether oxygens (including phenoxy) is 2. The van der Waals surface area contributed by atoms with Gasteiger partial charge in [0.1, 0.15) is 11.6 Å². The van der Waals surface area contributed by atoms with Crippen LogP contribution in [0.25, 0.3) is 0 Å². The molecule has 2 aromatic rings. The SMILES string of the molecule is COc1cc(N2CCOCC2)ccc1CN1CCC(O)(c2ccc(F)cc2)CC1. The summed E-state index contributed by atoms with van der Waals surface area (Å²) < 4.78 is 24.3. The van der Waals surface area contributed by atoms with E-state index >= 15 is 0 Å². The summed E-state index contributed by atoms with van der Waals surface area (Å²) in [7, 11) is 1.71. The molecule has 1 N–H and O–H groups in total. The van der Waals surface area contributed by atoms with Crippen molar-refractivity contribution in [2.24, 2.45) is 0 Å². The molecule has 0 aliphatic carbocycles. The van der Waals surface area contributed by atoms with Crippen LogP contribution >= 0.6 is 0 Å². The van der Waals surface area contributed by atoms with Crippen molar-refractivity contribution in [3.05, 3.63) is 59.4 Å². The van der Waals surface area contributed by atoms with E-state index in [0.717, 1.165) is 62.8 Å². The van der Waals surface area contributed by atoms with Gasteiger partial charge in [0, 0.05) is 50.0 Å². The van der Waals surface area contributed by atoms with Gasteiger partial charge in [-0.15, -0.1) is 0 Å². The first-order chi connectivity index (χ1) is 14.1. The lowest BCUT2D eigenvalue weighted by Crippen LogP contribution is -2.42. The number of morpholine rings is 1. The number of anilines is 1. The Hall–Kier alpha value is -2.15. The molecule has 6 heteroatoms. The van der Waals surface area contributed by atoms with Crippen molar-refractivity contribution in [2.75, 3.05) is 51.4 Å². The van der Waals surface area contributed by atoms with Crippen LogP contribution in [0.1, 0.15) is 24.0 Å². The molecule has 2 fully saturated rings. The number of benzene rings is 2. The Bertz CT molecular complexity index is 813. The zero-order chi connectivity index (χ0) is 20.3. The lowest BCUT2D eigenvalue weighted by atomic mass is 9.84. The summed E-state index contributed by atoms with van der Waals surface area (Å²) in [5.74, 6) is 0.621. The second-order valence-electron chi connectivity index (χ2n) is 7.91. The van der Waals surface area contributed by atoms with Gasteiger partial charge < -0.3 is 19.5 Å². The number of methoxy groups -OCH3 is 1. The number of likely N-dealkylation sites (tertiary alicyclic amines) is 1. The Labute approximate surface area is 171 Å². The number of hydrogen-bond donors (Lipinski definition) is 1. The van der Waals surface area contributed by atoms with Crippen LogP contribution in [0.2, 0.25) is 0 Å². The minimum Gasteiger partial charge on any atom is -0.496 e. The van der Waals surface area contributed by atoms with E-state index in [4.69, 9.17) is 9.47 Å². The van der Waals surface area contributed by atoms with Gasteiger partial charge in [0.05, 0.1) is 25.9 Å². The molecule has 2 aliphatic rings. The lowest BCUT2D eigenvalue weighted by Gasteiger charge is -2.38. The zero-order valence-corrected chi connectivity index (χ0v) is 16.9. The molecule has 0 saturated carbocycles. The second kappa shape index (κ2) is 8.69. The van der Waals surface area contributed by atoms with Crippen LogP contribution in [0.5, 0.6) is 5.75 Å². The average Bonchev–Trinajstić information content (AvgIpc) is 2.77. The molecule has 2 aromatic carbocycles. The molecule has 0 amide bonds. The number of halogens is 1. The molecule has 0 bridgehead atoms. The maximum Gasteiger partial charge on any atom is 0.125 e. The maximum absolute atomic E-state index is 13.2. The van der Waals surface area contributed by atoms with Crippen molar-refractivity contribution >= 4 is 5.69 Å². The third-order valence-electron chi connectivity index (χ3n) is 6.11. The molecule has 2 saturated heterocycles. The van der Waals surface area contributed by atoms with E-state index in [0.29, 0.717) is 12.8 Å². The fourth-order valence-corrected chi connectivity index (χ4v) is 4.25. The summed E-state index contributed by atoms with van der Waals surface area (Å²) in [6.45, 7) is 5.66. The van der Waals surface area contributed by atoms with Crippen LogP contribution in [0.15, 0.2) is 42.5 Å². The molecule has 5 nitrogen and oxygen atoms in total. The molecule has 156 valence electrons. The maximum atomic E-state index is 13.2. The molecule has 0 spiro atoms. The third kappa shape index (κ3) is 4.55. The van der Waals surface area contributed by atoms with Gasteiger partial charge in [-0.1, -0.05) is 18.2 Å². The predicted octanol–water partition coefficient (Wildman–Crippen LogP) is 3.15. The van der Waals surface area contributed by atoms with E-state index < -0.39 is 5.60 Å². The first kappa shape index (κ1) is 20.1. The average molecular weight is 400 g/mol. The van der Waals surface area contributed by atoms with Crippen LogP contribution in [0, 0.1) is 5.82 Å². The van der Waals surface area contributed by atoms with Gasteiger partial charge >= 0.3 is 0 Å². The Morgan fingerprint density at radius 1 is 1.03 bits per heavy atom. The number of rotatable bonds is 5. The van der Waals surface area contributed by atoms with Gasteiger partial charge in [-0.05, 0) is 36.6 Å². The lowest BCUT2D eigenvalue weighted by molar-refractivity contribution is -0.0278. The molecule has 2 aliphatic heterocycles. The van der Waals surface area contributed by atoms with E-state index in [-0.39, 0.29) is 5.82 Å². The van der Waals surface area contributed by atoms with Gasteiger partial charge in [-0.2, -0.15) is 0 Å². The van der Waals surface area contributed by atoms with E-state index in [9.17, 15) is 9.50 Å². The summed E-state index contributed by atoms with van der Waals surface area (Å²) in [5.41, 5.74) is 2.23. The van der Waals surface area contributed by atoms with E-state index in [2.05, 4.69) is 28.0 Å². The summed E-state index contributed by atoms with van der Waals surface area (Å²) in [6, 6.07) is 12.6. The number of piperidine rings is 1. The molecule has 29 heavy (non-hydrogen) atoms. The molecule has 4 rings (SSSR count). The Morgan fingerprint density at radius 2 is 1.72 bits per heavy atom. The van der Waals surface area contributed by atoms with Crippen molar-refractivity contribution in [1.29, 1.82) is 0 Å². The van der Waals surface area contributed by atoms with Crippen molar-refractivity contribution < 1.29 is 19.0 Å². The highest BCUT2D eigenvalue weighted by Crippen LogP contribution is 2.34. The highest BCUT2D eigenvalue weighted by molar-refractivity contribution is 5.54. The van der Waals surface area contributed by atoms with Crippen LogP contribution in [-0.2, 0) is 16.9 Å². The van der Waals surface area contributed by atoms with Gasteiger partial charge in [-0.25, -0.2) is 4.39 Å². The van der Waals surface area contributed by atoms with Gasteiger partial charge in [-0.3, -0.25) is 4.90 Å². The fraction of sp³-hybridized carbons (Fsp3) is 0.478. The van der Waals surface area contributed by atoms with Crippen LogP contribution in [0.4, 0.5) is 10.1 Å². The first-order valence-corrected chi connectivity index (χ1v) is 10.3. The van der Waals surface area contributed by atoms with Crippen LogP contribution in [-0.4, -0.2) is 56.5 Å². The van der Waals surface area contributed by atoms with Gasteiger partial charge in [0.25, 0.3) is 0 Å². The van der Waals surface area contributed by atoms with E-state index in [1.807, 2.05) is 0 Å². The molecule has 0 unspecified atom stereocenters. The molecule has 0 atom stereocenters. The summed E-state index contributed by atoms with van der Waals surface area (Å²) in [5, 5.41) is 11.0. The molecule has 0 radical (unpaired) electrons. The van der Waals surface area contributed by atoms with Gasteiger partial charge in [0.15, 0.2) is 0 Å². The highest BCUT2D eigenvalue weighted by Gasteiger charge is 2.34. The van der Waals surface area contributed by atoms with Crippen molar-refractivity contribution in [3.63, 3.8) is 0 Å². The first-order valence-electron chi connectivity index (χ1n) is 10.3.